The number of anilines is 1. The third-order valence-corrected chi connectivity index (χ3v) is 1.21. The predicted octanol–water partition coefficient (Wildman–Crippen LogP) is -0.598. The number of aromatic hydroxyl groups is 1. The van der Waals surface area contributed by atoms with Crippen molar-refractivity contribution in [2.24, 2.45) is 0 Å². The summed E-state index contributed by atoms with van der Waals surface area (Å²) in [5, 5.41) is 22.9. The molecule has 1 rings (SSSR count). The molecular formula is C6H9N3O3. The molecule has 6 heteroatoms. The number of hydrogen-bond donors (Lipinski definition) is 2. The maximum absolute atomic E-state index is 10.7. The smallest absolute Gasteiger partial charge is 0.300 e. The van der Waals surface area contributed by atoms with E-state index >= 15 is 0 Å². The first-order chi connectivity index (χ1) is 5.65. The number of aromatic nitrogens is 2. The molecule has 1 aromatic rings. The van der Waals surface area contributed by atoms with Gasteiger partial charge in [-0.05, 0) is 12.0 Å². The van der Waals surface area contributed by atoms with Gasteiger partial charge in [-0.2, -0.15) is 0 Å². The molecule has 0 fully saturated rings. The van der Waals surface area contributed by atoms with Crippen LogP contribution < -0.4 is 15.3 Å². The summed E-state index contributed by atoms with van der Waals surface area (Å²) >= 11 is 0. The number of rotatable bonds is 2. The molecule has 0 aromatic carbocycles. The Balaban J connectivity index is 3.05. The highest BCUT2D eigenvalue weighted by Gasteiger charge is 2.09. The number of ether oxygens (including phenoxy) is 1. The number of nitrogen functional groups attached to an aromatic ring is 1. The molecule has 0 radical (unpaired) electrons. The summed E-state index contributed by atoms with van der Waals surface area (Å²) in [5.74, 6) is -0.459. The summed E-state index contributed by atoms with van der Waals surface area (Å²) in [6.45, 7) is 2.12. The second kappa shape index (κ2) is 3.12. The Labute approximate surface area is 68.8 Å². The molecule has 0 atom stereocenters. The van der Waals surface area contributed by atoms with Crippen molar-refractivity contribution in [1.82, 2.24) is 5.10 Å². The summed E-state index contributed by atoms with van der Waals surface area (Å²) in [4.78, 5) is 0.123. The quantitative estimate of drug-likeness (QED) is 0.457. The summed E-state index contributed by atoms with van der Waals surface area (Å²) in [6, 6.07) is 1.22. The lowest BCUT2D eigenvalue weighted by Crippen LogP contribution is -2.34. The molecule has 0 unspecified atom stereocenters. The van der Waals surface area contributed by atoms with E-state index in [1.165, 1.54) is 6.07 Å². The predicted molar refractivity (Wildman–Crippen MR) is 40.4 cm³/mol. The number of hydrogen-bond acceptors (Lipinski definition) is 5. The molecule has 0 aliphatic carbocycles. The summed E-state index contributed by atoms with van der Waals surface area (Å²) < 4.78 is 4.93. The summed E-state index contributed by atoms with van der Waals surface area (Å²) in [6.07, 6.45) is 0. The summed E-state index contributed by atoms with van der Waals surface area (Å²) in [5.41, 5.74) is 5.22. The Morgan fingerprint density at radius 1 is 1.83 bits per heavy atom. The molecule has 1 heterocycles. The first-order valence-electron chi connectivity index (χ1n) is 3.37. The molecular weight excluding hydrogens is 162 g/mol. The van der Waals surface area contributed by atoms with Crippen molar-refractivity contribution in [2.75, 3.05) is 12.3 Å². The molecule has 6 nitrogen and oxygen atoms in total. The van der Waals surface area contributed by atoms with Gasteiger partial charge in [0.05, 0.1) is 12.7 Å². The summed E-state index contributed by atoms with van der Waals surface area (Å²) in [7, 11) is 0. The van der Waals surface area contributed by atoms with Crippen molar-refractivity contribution in [3.63, 3.8) is 0 Å². The highest BCUT2D eigenvalue weighted by atomic mass is 16.5. The van der Waals surface area contributed by atoms with Gasteiger partial charge in [0.2, 0.25) is 0 Å². The molecule has 0 bridgehead atoms. The van der Waals surface area contributed by atoms with E-state index in [0.29, 0.717) is 6.61 Å². The van der Waals surface area contributed by atoms with E-state index in [2.05, 4.69) is 5.10 Å². The van der Waals surface area contributed by atoms with Gasteiger partial charge >= 0.3 is 5.82 Å². The minimum absolute atomic E-state index is 0.113. The fraction of sp³-hybridized carbons (Fsp3) is 0.333. The van der Waals surface area contributed by atoms with Gasteiger partial charge in [0.1, 0.15) is 0 Å². The normalized spacial score (nSPS) is 9.75. The van der Waals surface area contributed by atoms with Crippen molar-refractivity contribution in [3.05, 3.63) is 11.3 Å². The van der Waals surface area contributed by atoms with Gasteiger partial charge in [-0.3, -0.25) is 5.73 Å². The molecule has 0 saturated heterocycles. The van der Waals surface area contributed by atoms with Crippen LogP contribution in [0.4, 0.5) is 5.82 Å². The fourth-order valence-corrected chi connectivity index (χ4v) is 0.709. The largest absolute Gasteiger partial charge is 0.691 e. The van der Waals surface area contributed by atoms with Crippen molar-refractivity contribution < 1.29 is 14.7 Å². The van der Waals surface area contributed by atoms with Crippen LogP contribution in [0, 0.1) is 5.21 Å². The van der Waals surface area contributed by atoms with Crippen LogP contribution in [0.15, 0.2) is 6.07 Å². The molecule has 3 N–H and O–H groups in total. The Kier molecular flexibility index (Phi) is 2.18. The van der Waals surface area contributed by atoms with Gasteiger partial charge in [0.25, 0.3) is 5.88 Å². The van der Waals surface area contributed by atoms with E-state index in [9.17, 15) is 5.21 Å². The highest BCUT2D eigenvalue weighted by molar-refractivity contribution is 5.37. The SMILES string of the molecule is CCOc1cc(N)[n+]([O-])nc1O. The van der Waals surface area contributed by atoms with Crippen LogP contribution in [0.25, 0.3) is 0 Å². The van der Waals surface area contributed by atoms with Crippen LogP contribution in [-0.2, 0) is 0 Å². The first kappa shape index (κ1) is 8.38. The van der Waals surface area contributed by atoms with Crippen LogP contribution in [0.2, 0.25) is 0 Å². The Morgan fingerprint density at radius 2 is 2.50 bits per heavy atom. The van der Waals surface area contributed by atoms with Crippen LogP contribution in [-0.4, -0.2) is 16.8 Å². The van der Waals surface area contributed by atoms with Crippen molar-refractivity contribution in [3.8, 4) is 11.6 Å². The molecule has 0 spiro atoms. The van der Waals surface area contributed by atoms with Gasteiger partial charge in [-0.25, -0.2) is 0 Å². The molecule has 12 heavy (non-hydrogen) atoms. The Morgan fingerprint density at radius 3 is 3.08 bits per heavy atom. The molecule has 0 amide bonds. The van der Waals surface area contributed by atoms with Gasteiger partial charge in [-0.15, -0.1) is 4.85 Å². The van der Waals surface area contributed by atoms with Crippen LogP contribution >= 0.6 is 0 Å². The third kappa shape index (κ3) is 1.47. The zero-order chi connectivity index (χ0) is 9.14. The first-order valence-corrected chi connectivity index (χ1v) is 3.37. The highest BCUT2D eigenvalue weighted by Crippen LogP contribution is 2.21. The van der Waals surface area contributed by atoms with Gasteiger partial charge in [0, 0.05) is 0 Å². The number of nitrogens with two attached hydrogens (primary N) is 1. The minimum atomic E-state index is -0.457. The molecule has 0 saturated carbocycles. The van der Waals surface area contributed by atoms with Crippen LogP contribution in [0.5, 0.6) is 11.6 Å². The standard InChI is InChI=1S/C6H9N3O3/c1-2-12-4-3-5(7)9(11)8-6(4)10/h3H,2,7H2,1H3,(H,8,10). The van der Waals surface area contributed by atoms with Crippen molar-refractivity contribution in [1.29, 1.82) is 0 Å². The molecule has 66 valence electrons. The second-order valence-corrected chi connectivity index (χ2v) is 2.06. The lowest BCUT2D eigenvalue weighted by molar-refractivity contribution is -0.655. The van der Waals surface area contributed by atoms with Crippen molar-refractivity contribution in [2.45, 2.75) is 6.92 Å². The Hall–Kier alpha value is -1.72. The molecule has 0 aliphatic heterocycles. The van der Waals surface area contributed by atoms with E-state index in [1.807, 2.05) is 0 Å². The lowest BCUT2D eigenvalue weighted by Gasteiger charge is -2.06. The van der Waals surface area contributed by atoms with Gasteiger partial charge in [-0.1, -0.05) is 0 Å². The zero-order valence-electron chi connectivity index (χ0n) is 6.52. The van der Waals surface area contributed by atoms with E-state index < -0.39 is 5.88 Å². The third-order valence-electron chi connectivity index (χ3n) is 1.21. The zero-order valence-corrected chi connectivity index (χ0v) is 6.52. The molecule has 1 aromatic heterocycles. The fourth-order valence-electron chi connectivity index (χ4n) is 0.709. The van der Waals surface area contributed by atoms with Crippen LogP contribution in [0.3, 0.4) is 0 Å². The van der Waals surface area contributed by atoms with E-state index in [0.717, 1.165) is 0 Å². The topological polar surface area (TPSA) is 95.3 Å². The van der Waals surface area contributed by atoms with E-state index in [-0.39, 0.29) is 16.4 Å². The second-order valence-electron chi connectivity index (χ2n) is 2.06. The monoisotopic (exact) mass is 171 g/mol. The van der Waals surface area contributed by atoms with Crippen molar-refractivity contribution >= 4 is 5.82 Å². The van der Waals surface area contributed by atoms with E-state index in [1.54, 1.807) is 6.92 Å². The average molecular weight is 171 g/mol. The van der Waals surface area contributed by atoms with E-state index in [4.69, 9.17) is 15.6 Å². The minimum Gasteiger partial charge on any atom is -0.691 e. The van der Waals surface area contributed by atoms with Crippen LogP contribution in [0.1, 0.15) is 6.92 Å². The molecule has 0 aliphatic rings. The Bertz CT molecular complexity index is 290. The van der Waals surface area contributed by atoms with Gasteiger partial charge < -0.3 is 15.1 Å². The maximum Gasteiger partial charge on any atom is 0.300 e. The average Bonchev–Trinajstić information content (AvgIpc) is 2.01. The van der Waals surface area contributed by atoms with Gasteiger partial charge in [0.15, 0.2) is 5.75 Å². The lowest BCUT2D eigenvalue weighted by atomic mass is 10.5. The number of nitrogens with zero attached hydrogens (tertiary/aromatic N) is 2. The maximum atomic E-state index is 10.7.